The molecule has 0 unspecified atom stereocenters. The Labute approximate surface area is 111 Å². The SMILES string of the molecule is CCP(=S)(CC)OCC[N+](C)(C)C.[I-]. The molecule has 0 aliphatic heterocycles. The Morgan fingerprint density at radius 3 is 1.86 bits per heavy atom. The van der Waals surface area contributed by atoms with Crippen LogP contribution in [-0.4, -0.2) is 51.1 Å². The molecule has 88 valence electrons. The Bertz CT molecular complexity index is 186. The van der Waals surface area contributed by atoms with Crippen molar-refractivity contribution in [3.63, 3.8) is 0 Å². The highest BCUT2D eigenvalue weighted by molar-refractivity contribution is 8.12. The Morgan fingerprint density at radius 2 is 1.57 bits per heavy atom. The van der Waals surface area contributed by atoms with Gasteiger partial charge >= 0.3 is 0 Å². The van der Waals surface area contributed by atoms with Crippen LogP contribution in [0, 0.1) is 0 Å². The van der Waals surface area contributed by atoms with Crippen LogP contribution in [0.1, 0.15) is 13.8 Å². The first kappa shape index (κ1) is 17.7. The summed E-state index contributed by atoms with van der Waals surface area (Å²) in [6.45, 7) is 6.12. The van der Waals surface area contributed by atoms with Crippen molar-refractivity contribution in [2.24, 2.45) is 0 Å². The summed E-state index contributed by atoms with van der Waals surface area (Å²) in [5.74, 6) is 0. The zero-order valence-corrected chi connectivity index (χ0v) is 13.8. The van der Waals surface area contributed by atoms with Gasteiger partial charge in [0.1, 0.15) is 13.2 Å². The zero-order chi connectivity index (χ0) is 10.5. The second kappa shape index (κ2) is 7.55. The quantitative estimate of drug-likeness (QED) is 0.350. The maximum atomic E-state index is 5.81. The second-order valence-corrected chi connectivity index (χ2v) is 9.44. The number of halogens is 1. The Kier molecular flexibility index (Phi) is 9.54. The summed E-state index contributed by atoms with van der Waals surface area (Å²) in [6, 6.07) is 0. The third-order valence-corrected chi connectivity index (χ3v) is 6.50. The second-order valence-electron chi connectivity index (χ2n) is 4.29. The molecule has 0 heterocycles. The molecule has 0 aliphatic rings. The molecule has 0 amide bonds. The third-order valence-electron chi connectivity index (χ3n) is 2.05. The molecule has 0 spiro atoms. The van der Waals surface area contributed by atoms with Gasteiger partial charge in [-0.3, -0.25) is 0 Å². The standard InChI is InChI=1S/C9H23NOPS.HI/c1-6-12(13,7-2)11-9-8-10(3,4)5;/h6-9H2,1-5H3;1H/q+1;/p-1. The number of rotatable bonds is 6. The Morgan fingerprint density at radius 1 is 1.14 bits per heavy atom. The fraction of sp³-hybridized carbons (Fsp3) is 1.00. The predicted octanol–water partition coefficient (Wildman–Crippen LogP) is -0.852. The molecular formula is C9H23INOPS. The smallest absolute Gasteiger partial charge is 0.102 e. The van der Waals surface area contributed by atoms with E-state index in [1.54, 1.807) is 0 Å². The van der Waals surface area contributed by atoms with Crippen LogP contribution in [0.15, 0.2) is 0 Å². The van der Waals surface area contributed by atoms with E-state index >= 15 is 0 Å². The molecule has 0 N–H and O–H groups in total. The van der Waals surface area contributed by atoms with Gasteiger partial charge in [-0.2, -0.15) is 0 Å². The van der Waals surface area contributed by atoms with Gasteiger partial charge in [-0.25, -0.2) is 0 Å². The Hall–Kier alpha value is 1.30. The number of hydrogen-bond acceptors (Lipinski definition) is 2. The van der Waals surface area contributed by atoms with E-state index in [0.717, 1.165) is 30.0 Å². The van der Waals surface area contributed by atoms with Crippen LogP contribution in [-0.2, 0) is 16.3 Å². The van der Waals surface area contributed by atoms with E-state index in [1.807, 2.05) is 0 Å². The molecule has 0 fully saturated rings. The minimum Gasteiger partial charge on any atom is -1.00 e. The molecule has 2 nitrogen and oxygen atoms in total. The van der Waals surface area contributed by atoms with Crippen LogP contribution in [0.4, 0.5) is 0 Å². The normalized spacial score (nSPS) is 12.4. The van der Waals surface area contributed by atoms with Gasteiger partial charge in [0.15, 0.2) is 0 Å². The van der Waals surface area contributed by atoms with Crippen LogP contribution in [0.2, 0.25) is 0 Å². The molecule has 0 rings (SSSR count). The van der Waals surface area contributed by atoms with Crippen molar-refractivity contribution in [2.75, 3.05) is 46.6 Å². The van der Waals surface area contributed by atoms with Gasteiger partial charge in [0.2, 0.25) is 0 Å². The topological polar surface area (TPSA) is 9.23 Å². The number of likely N-dealkylation sites (N-methyl/N-ethyl adjacent to an activating group) is 1. The van der Waals surface area contributed by atoms with E-state index in [9.17, 15) is 0 Å². The van der Waals surface area contributed by atoms with Crippen LogP contribution in [0.5, 0.6) is 0 Å². The van der Waals surface area contributed by atoms with Crippen molar-refractivity contribution >= 4 is 18.1 Å². The monoisotopic (exact) mass is 351 g/mol. The van der Waals surface area contributed by atoms with E-state index in [4.69, 9.17) is 16.3 Å². The van der Waals surface area contributed by atoms with Crippen molar-refractivity contribution in [2.45, 2.75) is 13.8 Å². The predicted molar refractivity (Wildman–Crippen MR) is 64.2 cm³/mol. The first-order valence-electron chi connectivity index (χ1n) is 4.86. The van der Waals surface area contributed by atoms with E-state index in [2.05, 4.69) is 35.0 Å². The summed E-state index contributed by atoms with van der Waals surface area (Å²) in [4.78, 5) is 0. The lowest BCUT2D eigenvalue weighted by Crippen LogP contribution is -3.00. The highest BCUT2D eigenvalue weighted by atomic mass is 127. The molecular weight excluding hydrogens is 328 g/mol. The van der Waals surface area contributed by atoms with Gasteiger partial charge in [-0.05, 0) is 12.3 Å². The largest absolute Gasteiger partial charge is 1.00 e. The van der Waals surface area contributed by atoms with Crippen molar-refractivity contribution in [1.29, 1.82) is 0 Å². The fourth-order valence-electron chi connectivity index (χ4n) is 0.887. The van der Waals surface area contributed by atoms with Gasteiger partial charge in [-0.1, -0.05) is 25.7 Å². The van der Waals surface area contributed by atoms with Crippen LogP contribution >= 0.6 is 6.26 Å². The third kappa shape index (κ3) is 8.60. The van der Waals surface area contributed by atoms with Gasteiger partial charge in [0, 0.05) is 0 Å². The number of hydrogen-bond donors (Lipinski definition) is 0. The Balaban J connectivity index is 0. The first-order valence-corrected chi connectivity index (χ1v) is 7.95. The van der Waals surface area contributed by atoms with Crippen molar-refractivity contribution < 1.29 is 33.0 Å². The molecule has 0 aliphatic carbocycles. The molecule has 0 saturated heterocycles. The molecule has 0 saturated carbocycles. The summed E-state index contributed by atoms with van der Waals surface area (Å²) >= 11 is 5.47. The van der Waals surface area contributed by atoms with Gasteiger partial charge in [-0.15, -0.1) is 0 Å². The van der Waals surface area contributed by atoms with Gasteiger partial charge in [0.05, 0.1) is 27.4 Å². The lowest BCUT2D eigenvalue weighted by Gasteiger charge is -2.26. The molecule has 0 aromatic heterocycles. The molecule has 0 atom stereocenters. The summed E-state index contributed by atoms with van der Waals surface area (Å²) < 4.78 is 6.76. The summed E-state index contributed by atoms with van der Waals surface area (Å²) in [5, 5.41) is 0. The van der Waals surface area contributed by atoms with E-state index < -0.39 is 6.26 Å². The van der Waals surface area contributed by atoms with Crippen molar-refractivity contribution in [1.82, 2.24) is 0 Å². The van der Waals surface area contributed by atoms with Crippen molar-refractivity contribution in [3.05, 3.63) is 0 Å². The summed E-state index contributed by atoms with van der Waals surface area (Å²) in [6.07, 6.45) is 0.604. The maximum absolute atomic E-state index is 5.81. The van der Waals surface area contributed by atoms with Crippen LogP contribution < -0.4 is 24.0 Å². The van der Waals surface area contributed by atoms with Gasteiger partial charge in [0.25, 0.3) is 0 Å². The van der Waals surface area contributed by atoms with E-state index in [0.29, 0.717) is 0 Å². The molecule has 0 radical (unpaired) electrons. The van der Waals surface area contributed by atoms with E-state index in [1.165, 1.54) is 0 Å². The van der Waals surface area contributed by atoms with E-state index in [-0.39, 0.29) is 24.0 Å². The molecule has 0 bridgehead atoms. The molecule has 14 heavy (non-hydrogen) atoms. The minimum absolute atomic E-state index is 0. The lowest BCUT2D eigenvalue weighted by molar-refractivity contribution is -0.870. The average Bonchev–Trinajstić information content (AvgIpc) is 2.02. The minimum atomic E-state index is -1.44. The molecule has 0 aromatic rings. The number of nitrogens with zero attached hydrogens (tertiary/aromatic N) is 1. The zero-order valence-electron chi connectivity index (χ0n) is 9.92. The summed E-state index contributed by atoms with van der Waals surface area (Å²) in [5.41, 5.74) is 0. The van der Waals surface area contributed by atoms with Gasteiger partial charge < -0.3 is 33.0 Å². The lowest BCUT2D eigenvalue weighted by atomic mass is 10.5. The first-order chi connectivity index (χ1) is 5.83. The number of quaternary nitrogens is 1. The van der Waals surface area contributed by atoms with Crippen LogP contribution in [0.25, 0.3) is 0 Å². The van der Waals surface area contributed by atoms with Crippen LogP contribution in [0.3, 0.4) is 0 Å². The maximum Gasteiger partial charge on any atom is 0.102 e. The summed E-state index contributed by atoms with van der Waals surface area (Å²) in [7, 11) is 6.51. The fourth-order valence-corrected chi connectivity index (χ4v) is 2.34. The average molecular weight is 351 g/mol. The highest BCUT2D eigenvalue weighted by Gasteiger charge is 2.14. The molecule has 0 aromatic carbocycles. The highest BCUT2D eigenvalue weighted by Crippen LogP contribution is 2.45. The van der Waals surface area contributed by atoms with Crippen molar-refractivity contribution in [3.8, 4) is 0 Å². The molecule has 5 heteroatoms.